The van der Waals surface area contributed by atoms with E-state index in [-0.39, 0.29) is 52.8 Å². The predicted molar refractivity (Wildman–Crippen MR) is 181 cm³/mol. The normalized spacial score (nSPS) is 42.1. The van der Waals surface area contributed by atoms with E-state index in [0.717, 1.165) is 24.8 Å². The monoisotopic (exact) mass is 715 g/mol. The summed E-state index contributed by atoms with van der Waals surface area (Å²) in [4.78, 5) is 66.2. The van der Waals surface area contributed by atoms with Gasteiger partial charge in [0.05, 0.1) is 5.41 Å². The van der Waals surface area contributed by atoms with Crippen molar-refractivity contribution in [3.05, 3.63) is 33.8 Å². The van der Waals surface area contributed by atoms with Crippen LogP contribution < -0.4 is 5.82 Å². The fraction of sp³-hybridized carbons (Fsp3) is 0.763. The number of carboxylic acid groups (broad SMARTS) is 1. The molecule has 11 nitrogen and oxygen atoms in total. The van der Waals surface area contributed by atoms with E-state index in [2.05, 4.69) is 27.7 Å². The van der Waals surface area contributed by atoms with Gasteiger partial charge in [-0.1, -0.05) is 33.3 Å². The molecule has 4 fully saturated rings. The molecule has 0 aliphatic heterocycles. The molecule has 4 saturated carbocycles. The van der Waals surface area contributed by atoms with Crippen LogP contribution in [0.5, 0.6) is 0 Å². The van der Waals surface area contributed by atoms with Crippen molar-refractivity contribution in [1.29, 1.82) is 0 Å². The molecule has 12 heteroatoms. The van der Waals surface area contributed by atoms with Gasteiger partial charge in [-0.15, -0.1) is 0 Å². The largest absolute Gasteiger partial charge is 0.519 e. The number of ketones is 1. The minimum Gasteiger partial charge on any atom is -0.481 e. The Morgan fingerprint density at radius 1 is 0.960 bits per heavy atom. The molecule has 5 aliphatic carbocycles. The summed E-state index contributed by atoms with van der Waals surface area (Å²) < 4.78 is 32.9. The molecule has 0 radical (unpaired) electrons. The lowest BCUT2D eigenvalue weighted by atomic mass is 9.33. The number of fused-ring (bicyclic) bond motifs is 7. The number of hydrogen-bond donors (Lipinski definition) is 1. The standard InChI is InChI=1S/C38H50O11S/c1-21-25(48-32(44)47-21)20-46-31(43)38(7)26-8-12-37(6)29(35(26,4)11-9-27(38)49-28(40)10-17-50-45)24(39)18-22-23-19-34(3,30(41)42)14-13-33(23,2)15-16-36(22,37)5/h18,23,26-27,29H,8-17,19-20H2,1-7H3/p+1/t23-,26+,27-,29+,33+,34-,35-,36+,37+,38-/m0/s1. The highest BCUT2D eigenvalue weighted by Gasteiger charge is 2.72. The van der Waals surface area contributed by atoms with Gasteiger partial charge >= 0.3 is 35.4 Å². The highest BCUT2D eigenvalue weighted by atomic mass is 32.1. The van der Waals surface area contributed by atoms with Crippen molar-refractivity contribution in [2.24, 2.45) is 50.2 Å². The molecule has 6 rings (SSSR count). The van der Waals surface area contributed by atoms with Gasteiger partial charge in [0.25, 0.3) is 0 Å². The van der Waals surface area contributed by atoms with Crippen molar-refractivity contribution in [3.63, 3.8) is 0 Å². The van der Waals surface area contributed by atoms with Crippen LogP contribution >= 0.6 is 0 Å². The lowest BCUT2D eigenvalue weighted by Crippen LogP contribution is -2.68. The average Bonchev–Trinajstić information content (AvgIpc) is 3.37. The summed E-state index contributed by atoms with van der Waals surface area (Å²) in [5.74, 6) is -3.39. The maximum atomic E-state index is 14.8. The summed E-state index contributed by atoms with van der Waals surface area (Å²) in [6, 6.07) is 0. The van der Waals surface area contributed by atoms with Gasteiger partial charge in [0.1, 0.15) is 17.9 Å². The van der Waals surface area contributed by atoms with Crippen molar-refractivity contribution in [1.82, 2.24) is 0 Å². The Labute approximate surface area is 296 Å². The van der Waals surface area contributed by atoms with Crippen LogP contribution in [0.25, 0.3) is 0 Å². The van der Waals surface area contributed by atoms with Gasteiger partial charge in [0.2, 0.25) is 5.75 Å². The molecule has 50 heavy (non-hydrogen) atoms. The smallest absolute Gasteiger partial charge is 0.481 e. The van der Waals surface area contributed by atoms with Crippen LogP contribution in [-0.2, 0) is 51.1 Å². The van der Waals surface area contributed by atoms with E-state index in [0.29, 0.717) is 50.2 Å². The first kappa shape index (κ1) is 36.6. The molecule has 1 aromatic rings. The fourth-order valence-corrected chi connectivity index (χ4v) is 11.9. The molecule has 0 aromatic carbocycles. The van der Waals surface area contributed by atoms with Crippen molar-refractivity contribution in [2.75, 3.05) is 5.75 Å². The number of allylic oxidation sites excluding steroid dienone is 2. The molecule has 1 heterocycles. The van der Waals surface area contributed by atoms with Crippen LogP contribution in [0.2, 0.25) is 0 Å². The van der Waals surface area contributed by atoms with Crippen molar-refractivity contribution in [2.45, 2.75) is 125 Å². The molecule has 1 N–H and O–H groups in total. The first-order valence-corrected chi connectivity index (χ1v) is 18.9. The average molecular weight is 716 g/mol. The number of rotatable bonds is 8. The number of aliphatic carboxylic acids is 1. The first-order chi connectivity index (χ1) is 23.3. The molecule has 0 bridgehead atoms. The van der Waals surface area contributed by atoms with E-state index >= 15 is 0 Å². The quantitative estimate of drug-likeness (QED) is 0.235. The van der Waals surface area contributed by atoms with Crippen molar-refractivity contribution < 1.29 is 46.8 Å². The maximum absolute atomic E-state index is 14.8. The molecule has 5 aliphatic rings. The molecule has 0 unspecified atom stereocenters. The predicted octanol–water partition coefficient (Wildman–Crippen LogP) is 6.36. The lowest BCUT2D eigenvalue weighted by molar-refractivity contribution is -0.224. The minimum atomic E-state index is -1.35. The second kappa shape index (κ2) is 12.2. The zero-order valence-electron chi connectivity index (χ0n) is 30.3. The summed E-state index contributed by atoms with van der Waals surface area (Å²) in [6.45, 7) is 13.7. The third kappa shape index (κ3) is 5.28. The number of carbonyl (C=O) groups excluding carboxylic acids is 3. The zero-order valence-corrected chi connectivity index (χ0v) is 31.1. The Bertz CT molecular complexity index is 1710. The zero-order chi connectivity index (χ0) is 36.7. The molecule has 0 spiro atoms. The van der Waals surface area contributed by atoms with Gasteiger partial charge in [0.15, 0.2) is 23.9 Å². The van der Waals surface area contributed by atoms with Crippen LogP contribution in [0.1, 0.15) is 117 Å². The SMILES string of the molecule is Cc1oc(=O)oc1COC(=O)[C@]1(C)[C@@H](OC(=O)CC[S+]=O)CC[C@@]2(C)[C@H]1CC[C@]1(C)[C@@H]2C(=O)C=C2[C@@H]3C[C@@](C)(C(=O)O)CC[C@]3(C)CC[C@]21C. The highest BCUT2D eigenvalue weighted by molar-refractivity contribution is 7.65. The number of aryl methyl sites for hydroxylation is 1. The molecule has 0 amide bonds. The Kier molecular flexibility index (Phi) is 8.96. The van der Waals surface area contributed by atoms with Gasteiger partial charge in [0, 0.05) is 10.1 Å². The molecule has 1 aromatic heterocycles. The van der Waals surface area contributed by atoms with E-state index in [4.69, 9.17) is 18.3 Å². The second-order valence-electron chi connectivity index (χ2n) is 17.4. The Morgan fingerprint density at radius 3 is 2.30 bits per heavy atom. The van der Waals surface area contributed by atoms with Crippen LogP contribution in [-0.4, -0.2) is 40.7 Å². The molecular weight excluding hydrogens is 664 g/mol. The number of esters is 2. The first-order valence-electron chi connectivity index (χ1n) is 18.0. The molecule has 274 valence electrons. The summed E-state index contributed by atoms with van der Waals surface area (Å²) in [5, 5.41) is 10.2. The summed E-state index contributed by atoms with van der Waals surface area (Å²) in [6.07, 6.45) is 6.76. The van der Waals surface area contributed by atoms with Crippen LogP contribution in [0.15, 0.2) is 25.3 Å². The minimum absolute atomic E-state index is 0.0162. The second-order valence-corrected chi connectivity index (χ2v) is 18.1. The highest BCUT2D eigenvalue weighted by Crippen LogP contribution is 2.75. The lowest BCUT2D eigenvalue weighted by Gasteiger charge is -2.70. The third-order valence-corrected chi connectivity index (χ3v) is 15.3. The van der Waals surface area contributed by atoms with Gasteiger partial charge in [-0.2, -0.15) is 0 Å². The Hall–Kier alpha value is -3.15. The number of ether oxygens (including phenoxy) is 2. The molecular formula is C38H51O11S+. The number of carbonyl (C=O) groups is 4. The summed E-state index contributed by atoms with van der Waals surface area (Å²) in [5.41, 5.74) is -2.67. The van der Waals surface area contributed by atoms with E-state index in [1.54, 1.807) is 6.92 Å². The summed E-state index contributed by atoms with van der Waals surface area (Å²) in [7, 11) is 0. The van der Waals surface area contributed by atoms with Crippen LogP contribution in [0, 0.1) is 57.2 Å². The van der Waals surface area contributed by atoms with Gasteiger partial charge in [-0.05, 0) is 118 Å². The van der Waals surface area contributed by atoms with E-state index in [1.165, 1.54) is 6.92 Å². The van der Waals surface area contributed by atoms with E-state index in [1.807, 2.05) is 13.0 Å². The van der Waals surface area contributed by atoms with E-state index in [9.17, 15) is 33.3 Å². The van der Waals surface area contributed by atoms with Gasteiger partial charge < -0.3 is 23.4 Å². The number of carboxylic acids is 1. The fourth-order valence-electron chi connectivity index (χ4n) is 11.6. The summed E-state index contributed by atoms with van der Waals surface area (Å²) >= 11 is 0.294. The molecule has 10 atom stereocenters. The molecule has 0 saturated heterocycles. The number of hydrogen-bond acceptors (Lipinski definition) is 10. The van der Waals surface area contributed by atoms with Crippen molar-refractivity contribution in [3.8, 4) is 0 Å². The third-order valence-electron chi connectivity index (χ3n) is 15.0. The van der Waals surface area contributed by atoms with Crippen LogP contribution in [0.3, 0.4) is 0 Å². The van der Waals surface area contributed by atoms with Crippen LogP contribution in [0.4, 0.5) is 0 Å². The van der Waals surface area contributed by atoms with Gasteiger partial charge in [-0.3, -0.25) is 19.2 Å². The topological polar surface area (TPSA) is 167 Å². The van der Waals surface area contributed by atoms with E-state index < -0.39 is 63.3 Å². The van der Waals surface area contributed by atoms with Crippen molar-refractivity contribution >= 4 is 35.4 Å². The maximum Gasteiger partial charge on any atom is 0.519 e. The van der Waals surface area contributed by atoms with Gasteiger partial charge in [-0.25, -0.2) is 4.79 Å². The Morgan fingerprint density at radius 2 is 1.66 bits per heavy atom. The Balaban J connectivity index is 1.39.